The number of nitrogens with one attached hydrogen (secondary N) is 1. The number of hydrogen-bond acceptors (Lipinski definition) is 6. The summed E-state index contributed by atoms with van der Waals surface area (Å²) in [7, 11) is -2.32. The number of likely N-dealkylation sites (N-methyl/N-ethyl adjacent to an activating group) is 1. The second-order valence-corrected chi connectivity index (χ2v) is 9.45. The molecule has 0 radical (unpaired) electrons. The number of carbonyl (C=O) groups is 2. The summed E-state index contributed by atoms with van der Waals surface area (Å²) in [6.45, 7) is 3.27. The summed E-state index contributed by atoms with van der Waals surface area (Å²) in [6.07, 6.45) is 1.03. The zero-order valence-electron chi connectivity index (χ0n) is 18.5. The highest BCUT2D eigenvalue weighted by Gasteiger charge is 2.30. The van der Waals surface area contributed by atoms with Gasteiger partial charge in [-0.3, -0.25) is 13.9 Å². The average Bonchev–Trinajstić information content (AvgIpc) is 3.22. The van der Waals surface area contributed by atoms with E-state index < -0.39 is 28.5 Å². The van der Waals surface area contributed by atoms with Gasteiger partial charge in [-0.25, -0.2) is 8.42 Å². The van der Waals surface area contributed by atoms with Crippen molar-refractivity contribution in [1.29, 1.82) is 0 Å². The molecule has 0 bridgehead atoms. The number of sulfonamides is 1. The first-order chi connectivity index (χ1) is 15.1. The summed E-state index contributed by atoms with van der Waals surface area (Å²) in [5.41, 5.74) is 2.10. The summed E-state index contributed by atoms with van der Waals surface area (Å²) < 4.78 is 36.7. The second-order valence-electron chi connectivity index (χ2n) is 7.55. The third-order valence-electron chi connectivity index (χ3n) is 5.34. The topological polar surface area (TPSA) is 105 Å². The normalized spacial score (nSPS) is 13.4. The zero-order chi connectivity index (χ0) is 23.5. The Bertz CT molecular complexity index is 1120. The van der Waals surface area contributed by atoms with E-state index in [4.69, 9.17) is 9.47 Å². The first kappa shape index (κ1) is 23.4. The van der Waals surface area contributed by atoms with E-state index >= 15 is 0 Å². The third-order valence-corrected chi connectivity index (χ3v) is 6.48. The standard InChI is InChI=1S/C22H27N3O6S/c1-15-7-5-6-8-17(15)12-24(16(2)22(27)23-3)21(26)13-25(32(4,28)29)18-9-10-19-20(11-18)31-14-30-19/h5-11,16H,12-14H2,1-4H3,(H,23,27). The van der Waals surface area contributed by atoms with Crippen molar-refractivity contribution in [3.05, 3.63) is 53.6 Å². The van der Waals surface area contributed by atoms with Crippen LogP contribution in [-0.2, 0) is 26.2 Å². The van der Waals surface area contributed by atoms with Crippen LogP contribution in [0.1, 0.15) is 18.1 Å². The Hall–Kier alpha value is -3.27. The fraction of sp³-hybridized carbons (Fsp3) is 0.364. The van der Waals surface area contributed by atoms with Crippen molar-refractivity contribution < 1.29 is 27.5 Å². The lowest BCUT2D eigenvalue weighted by Gasteiger charge is -2.31. The van der Waals surface area contributed by atoms with Crippen LogP contribution in [0.5, 0.6) is 11.5 Å². The van der Waals surface area contributed by atoms with Crippen molar-refractivity contribution in [3.63, 3.8) is 0 Å². The van der Waals surface area contributed by atoms with Gasteiger partial charge in [0.25, 0.3) is 0 Å². The SMILES string of the molecule is CNC(=O)C(C)N(Cc1ccccc1C)C(=O)CN(c1ccc2c(c1)OCO2)S(C)(=O)=O. The van der Waals surface area contributed by atoms with Crippen LogP contribution in [0.15, 0.2) is 42.5 Å². The van der Waals surface area contributed by atoms with Crippen molar-refractivity contribution in [2.24, 2.45) is 0 Å². The Morgan fingerprint density at radius 1 is 1.12 bits per heavy atom. The summed E-state index contributed by atoms with van der Waals surface area (Å²) in [5, 5.41) is 2.55. The predicted molar refractivity (Wildman–Crippen MR) is 120 cm³/mol. The Labute approximate surface area is 188 Å². The van der Waals surface area contributed by atoms with Gasteiger partial charge in [-0.1, -0.05) is 24.3 Å². The first-order valence-corrected chi connectivity index (χ1v) is 11.9. The molecule has 2 amide bonds. The number of fused-ring (bicyclic) bond motifs is 1. The van der Waals surface area contributed by atoms with Crippen molar-refractivity contribution in [2.45, 2.75) is 26.4 Å². The van der Waals surface area contributed by atoms with Gasteiger partial charge in [0.15, 0.2) is 11.5 Å². The van der Waals surface area contributed by atoms with Crippen molar-refractivity contribution in [2.75, 3.05) is 30.9 Å². The van der Waals surface area contributed by atoms with Crippen LogP contribution in [-0.4, -0.2) is 57.8 Å². The smallest absolute Gasteiger partial charge is 0.244 e. The number of amides is 2. The van der Waals surface area contributed by atoms with E-state index in [0.29, 0.717) is 11.5 Å². The molecule has 2 aromatic rings. The number of benzene rings is 2. The molecule has 1 heterocycles. The van der Waals surface area contributed by atoms with Gasteiger partial charge < -0.3 is 19.7 Å². The largest absolute Gasteiger partial charge is 0.454 e. The summed E-state index contributed by atoms with van der Waals surface area (Å²) in [5.74, 6) is 0.0513. The quantitative estimate of drug-likeness (QED) is 0.641. The monoisotopic (exact) mass is 461 g/mol. The minimum absolute atomic E-state index is 0.0461. The highest BCUT2D eigenvalue weighted by molar-refractivity contribution is 7.92. The van der Waals surface area contributed by atoms with Crippen LogP contribution in [0.3, 0.4) is 0 Å². The maximum Gasteiger partial charge on any atom is 0.244 e. The molecule has 0 fully saturated rings. The number of rotatable bonds is 8. The van der Waals surface area contributed by atoms with E-state index in [-0.39, 0.29) is 24.9 Å². The van der Waals surface area contributed by atoms with Gasteiger partial charge in [0.05, 0.1) is 11.9 Å². The molecule has 2 aromatic carbocycles. The number of aryl methyl sites for hydroxylation is 1. The summed E-state index contributed by atoms with van der Waals surface area (Å²) in [6, 6.07) is 11.4. The Morgan fingerprint density at radius 2 is 1.81 bits per heavy atom. The van der Waals surface area contributed by atoms with Crippen LogP contribution >= 0.6 is 0 Å². The number of carbonyl (C=O) groups excluding carboxylic acids is 2. The van der Waals surface area contributed by atoms with Crippen molar-refractivity contribution in [1.82, 2.24) is 10.2 Å². The molecule has 0 saturated carbocycles. The molecule has 0 aromatic heterocycles. The van der Waals surface area contributed by atoms with Gasteiger partial charge in [0.2, 0.25) is 28.6 Å². The van der Waals surface area contributed by atoms with E-state index in [1.54, 1.807) is 19.1 Å². The number of nitrogens with zero attached hydrogens (tertiary/aromatic N) is 2. The lowest BCUT2D eigenvalue weighted by atomic mass is 10.1. The second kappa shape index (κ2) is 9.47. The van der Waals surface area contributed by atoms with Crippen LogP contribution in [0, 0.1) is 6.92 Å². The lowest BCUT2D eigenvalue weighted by molar-refractivity contribution is -0.139. The van der Waals surface area contributed by atoms with Gasteiger partial charge in [-0.15, -0.1) is 0 Å². The van der Waals surface area contributed by atoms with E-state index in [9.17, 15) is 18.0 Å². The van der Waals surface area contributed by atoms with E-state index in [0.717, 1.165) is 21.7 Å². The molecule has 172 valence electrons. The van der Waals surface area contributed by atoms with Crippen LogP contribution in [0.4, 0.5) is 5.69 Å². The maximum absolute atomic E-state index is 13.4. The van der Waals surface area contributed by atoms with Crippen LogP contribution in [0.2, 0.25) is 0 Å². The van der Waals surface area contributed by atoms with E-state index in [2.05, 4.69) is 5.32 Å². The molecule has 9 nitrogen and oxygen atoms in total. The molecule has 1 aliphatic heterocycles. The lowest BCUT2D eigenvalue weighted by Crippen LogP contribution is -2.50. The molecule has 32 heavy (non-hydrogen) atoms. The summed E-state index contributed by atoms with van der Waals surface area (Å²) >= 11 is 0. The van der Waals surface area contributed by atoms with Gasteiger partial charge in [0, 0.05) is 19.7 Å². The van der Waals surface area contributed by atoms with Crippen molar-refractivity contribution >= 4 is 27.5 Å². The third kappa shape index (κ3) is 5.13. The molecular weight excluding hydrogens is 434 g/mol. The maximum atomic E-state index is 13.4. The van der Waals surface area contributed by atoms with Gasteiger partial charge in [-0.2, -0.15) is 0 Å². The minimum atomic E-state index is -3.81. The molecule has 3 rings (SSSR count). The molecule has 10 heteroatoms. The number of anilines is 1. The fourth-order valence-corrected chi connectivity index (χ4v) is 4.26. The van der Waals surface area contributed by atoms with E-state index in [1.165, 1.54) is 18.0 Å². The van der Waals surface area contributed by atoms with Gasteiger partial charge in [0.1, 0.15) is 12.6 Å². The molecule has 1 unspecified atom stereocenters. The molecule has 1 N–H and O–H groups in total. The minimum Gasteiger partial charge on any atom is -0.454 e. The van der Waals surface area contributed by atoms with E-state index in [1.807, 2.05) is 31.2 Å². The predicted octanol–water partition coefficient (Wildman–Crippen LogP) is 1.65. The summed E-state index contributed by atoms with van der Waals surface area (Å²) in [4.78, 5) is 27.1. The first-order valence-electron chi connectivity index (χ1n) is 10.0. The number of ether oxygens (including phenoxy) is 2. The molecule has 1 atom stereocenters. The fourth-order valence-electron chi connectivity index (χ4n) is 3.42. The molecule has 1 aliphatic rings. The van der Waals surface area contributed by atoms with Crippen molar-refractivity contribution in [3.8, 4) is 11.5 Å². The Balaban J connectivity index is 1.92. The highest BCUT2D eigenvalue weighted by Crippen LogP contribution is 2.36. The Morgan fingerprint density at radius 3 is 2.47 bits per heavy atom. The average molecular weight is 462 g/mol. The Kier molecular flexibility index (Phi) is 6.93. The molecule has 0 spiro atoms. The molecule has 0 aliphatic carbocycles. The van der Waals surface area contributed by atoms with Crippen LogP contribution in [0.25, 0.3) is 0 Å². The zero-order valence-corrected chi connectivity index (χ0v) is 19.3. The molecular formula is C22H27N3O6S. The molecule has 0 saturated heterocycles. The highest BCUT2D eigenvalue weighted by atomic mass is 32.2. The van der Waals surface area contributed by atoms with Crippen LogP contribution < -0.4 is 19.1 Å². The van der Waals surface area contributed by atoms with Gasteiger partial charge >= 0.3 is 0 Å². The number of hydrogen-bond donors (Lipinski definition) is 1. The van der Waals surface area contributed by atoms with Gasteiger partial charge in [-0.05, 0) is 37.1 Å².